The monoisotopic (exact) mass is 197 g/mol. The Balaban J connectivity index is 2.94. The van der Waals surface area contributed by atoms with E-state index in [4.69, 9.17) is 0 Å². The van der Waals surface area contributed by atoms with Gasteiger partial charge in [0.15, 0.2) is 12.1 Å². The van der Waals surface area contributed by atoms with Gasteiger partial charge in [-0.05, 0) is 13.0 Å². The van der Waals surface area contributed by atoms with E-state index in [0.717, 1.165) is 0 Å². The third-order valence-corrected chi connectivity index (χ3v) is 1.98. The standard InChI is InChI=1S/C9H5F2NO2/c1-4-6-2-5(3-13)7(10)8(11)9(6)14-12-4/h2-3H,1H3. The van der Waals surface area contributed by atoms with Crippen LogP contribution in [0.4, 0.5) is 8.78 Å². The molecule has 5 heteroatoms. The van der Waals surface area contributed by atoms with E-state index in [9.17, 15) is 13.6 Å². The van der Waals surface area contributed by atoms with Crippen LogP contribution < -0.4 is 0 Å². The molecule has 0 saturated carbocycles. The number of carbonyl (C=O) groups excluding carboxylic acids is 1. The van der Waals surface area contributed by atoms with Gasteiger partial charge in [0.2, 0.25) is 11.4 Å². The first-order valence-electron chi connectivity index (χ1n) is 3.84. The minimum Gasteiger partial charge on any atom is -0.353 e. The Hall–Kier alpha value is -1.78. The Bertz CT molecular complexity index is 519. The van der Waals surface area contributed by atoms with Crippen molar-refractivity contribution in [1.29, 1.82) is 0 Å². The van der Waals surface area contributed by atoms with Crippen LogP contribution in [0.2, 0.25) is 0 Å². The van der Waals surface area contributed by atoms with Gasteiger partial charge in [0.1, 0.15) is 0 Å². The lowest BCUT2D eigenvalue weighted by Crippen LogP contribution is -1.93. The van der Waals surface area contributed by atoms with Gasteiger partial charge < -0.3 is 4.52 Å². The van der Waals surface area contributed by atoms with E-state index in [0.29, 0.717) is 11.1 Å². The summed E-state index contributed by atoms with van der Waals surface area (Å²) < 4.78 is 30.8. The number of aldehydes is 1. The fourth-order valence-electron chi connectivity index (χ4n) is 1.24. The quantitative estimate of drug-likeness (QED) is 0.658. The first-order valence-corrected chi connectivity index (χ1v) is 3.84. The van der Waals surface area contributed by atoms with E-state index in [2.05, 4.69) is 9.68 Å². The molecule has 72 valence electrons. The van der Waals surface area contributed by atoms with E-state index in [1.807, 2.05) is 0 Å². The Morgan fingerprint density at radius 3 is 2.79 bits per heavy atom. The number of aryl methyl sites for hydroxylation is 1. The van der Waals surface area contributed by atoms with E-state index >= 15 is 0 Å². The van der Waals surface area contributed by atoms with Gasteiger partial charge in [0.05, 0.1) is 11.3 Å². The lowest BCUT2D eigenvalue weighted by Gasteiger charge is -1.96. The number of carbonyl (C=O) groups is 1. The number of nitrogens with zero attached hydrogens (tertiary/aromatic N) is 1. The molecule has 14 heavy (non-hydrogen) atoms. The maximum Gasteiger partial charge on any atom is 0.205 e. The molecule has 0 fully saturated rings. The summed E-state index contributed by atoms with van der Waals surface area (Å²) in [5.41, 5.74) is -0.172. The summed E-state index contributed by atoms with van der Waals surface area (Å²) in [5.74, 6) is -2.38. The van der Waals surface area contributed by atoms with Crippen molar-refractivity contribution >= 4 is 17.3 Å². The molecular weight excluding hydrogens is 192 g/mol. The Morgan fingerprint density at radius 1 is 1.43 bits per heavy atom. The van der Waals surface area contributed by atoms with Gasteiger partial charge in [-0.1, -0.05) is 5.16 Å². The van der Waals surface area contributed by atoms with E-state index in [-0.39, 0.29) is 17.4 Å². The van der Waals surface area contributed by atoms with Crippen LogP contribution in [0, 0.1) is 18.6 Å². The van der Waals surface area contributed by atoms with Crippen LogP contribution in [0.25, 0.3) is 11.0 Å². The van der Waals surface area contributed by atoms with Crippen LogP contribution >= 0.6 is 0 Å². The smallest absolute Gasteiger partial charge is 0.205 e. The first-order chi connectivity index (χ1) is 6.65. The Morgan fingerprint density at radius 2 is 2.14 bits per heavy atom. The molecule has 0 aliphatic heterocycles. The summed E-state index contributed by atoms with van der Waals surface area (Å²) in [4.78, 5) is 10.4. The topological polar surface area (TPSA) is 43.1 Å². The highest BCUT2D eigenvalue weighted by Gasteiger charge is 2.17. The Labute approximate surface area is 77.3 Å². The van der Waals surface area contributed by atoms with Gasteiger partial charge in [-0.3, -0.25) is 4.79 Å². The number of rotatable bonds is 1. The van der Waals surface area contributed by atoms with Crippen molar-refractivity contribution in [2.75, 3.05) is 0 Å². The molecule has 1 aromatic heterocycles. The van der Waals surface area contributed by atoms with Crippen LogP contribution in [0.3, 0.4) is 0 Å². The highest BCUT2D eigenvalue weighted by atomic mass is 19.2. The van der Waals surface area contributed by atoms with Gasteiger partial charge in [0.25, 0.3) is 0 Å². The van der Waals surface area contributed by atoms with Gasteiger partial charge in [-0.15, -0.1) is 0 Å². The van der Waals surface area contributed by atoms with Crippen molar-refractivity contribution in [3.05, 3.63) is 29.0 Å². The molecule has 0 saturated heterocycles. The second kappa shape index (κ2) is 2.87. The summed E-state index contributed by atoms with van der Waals surface area (Å²) in [5, 5.41) is 3.79. The van der Waals surface area contributed by atoms with Gasteiger partial charge >= 0.3 is 0 Å². The second-order valence-corrected chi connectivity index (χ2v) is 2.86. The molecule has 0 amide bonds. The molecule has 0 aliphatic carbocycles. The molecule has 0 atom stereocenters. The maximum absolute atomic E-state index is 13.2. The molecule has 2 aromatic rings. The average Bonchev–Trinajstić information content (AvgIpc) is 2.54. The lowest BCUT2D eigenvalue weighted by molar-refractivity contribution is 0.111. The van der Waals surface area contributed by atoms with Crippen molar-refractivity contribution < 1.29 is 18.1 Å². The van der Waals surface area contributed by atoms with Crippen LogP contribution in [0.15, 0.2) is 10.6 Å². The highest BCUT2D eigenvalue weighted by Crippen LogP contribution is 2.24. The predicted molar refractivity (Wildman–Crippen MR) is 44.0 cm³/mol. The van der Waals surface area contributed by atoms with Crippen LogP contribution in [0.5, 0.6) is 0 Å². The van der Waals surface area contributed by atoms with E-state index < -0.39 is 11.6 Å². The van der Waals surface area contributed by atoms with E-state index in [1.54, 1.807) is 6.92 Å². The van der Waals surface area contributed by atoms with Crippen LogP contribution in [-0.4, -0.2) is 11.4 Å². The molecule has 1 heterocycles. The molecular formula is C9H5F2NO2. The fraction of sp³-hybridized carbons (Fsp3) is 0.111. The summed E-state index contributed by atoms with van der Waals surface area (Å²) in [6.07, 6.45) is 0.254. The van der Waals surface area contributed by atoms with Crippen molar-refractivity contribution in [1.82, 2.24) is 5.16 Å². The second-order valence-electron chi connectivity index (χ2n) is 2.86. The van der Waals surface area contributed by atoms with Crippen LogP contribution in [-0.2, 0) is 0 Å². The minimum absolute atomic E-state index is 0.254. The zero-order chi connectivity index (χ0) is 10.3. The molecule has 3 nitrogen and oxygen atoms in total. The predicted octanol–water partition coefficient (Wildman–Crippen LogP) is 2.23. The summed E-state index contributed by atoms with van der Waals surface area (Å²) >= 11 is 0. The van der Waals surface area contributed by atoms with E-state index in [1.165, 1.54) is 6.07 Å². The molecule has 2 rings (SSSR count). The molecule has 0 unspecified atom stereocenters. The van der Waals surface area contributed by atoms with Crippen molar-refractivity contribution in [2.24, 2.45) is 0 Å². The third-order valence-electron chi connectivity index (χ3n) is 1.98. The molecule has 1 aromatic carbocycles. The summed E-state index contributed by atoms with van der Waals surface area (Å²) in [6.45, 7) is 1.58. The molecule has 0 bridgehead atoms. The number of fused-ring (bicyclic) bond motifs is 1. The first kappa shape index (κ1) is 8.80. The molecule has 0 radical (unpaired) electrons. The SMILES string of the molecule is Cc1noc2c(F)c(F)c(C=O)cc12. The zero-order valence-electron chi connectivity index (χ0n) is 7.17. The summed E-state index contributed by atoms with van der Waals surface area (Å²) in [6, 6.07) is 1.21. The summed E-state index contributed by atoms with van der Waals surface area (Å²) in [7, 11) is 0. The van der Waals surface area contributed by atoms with Crippen molar-refractivity contribution in [2.45, 2.75) is 6.92 Å². The number of hydrogen-bond donors (Lipinski definition) is 0. The van der Waals surface area contributed by atoms with Gasteiger partial charge in [-0.2, -0.15) is 4.39 Å². The van der Waals surface area contributed by atoms with Gasteiger partial charge in [-0.25, -0.2) is 4.39 Å². The normalized spacial score (nSPS) is 10.8. The number of benzene rings is 1. The van der Waals surface area contributed by atoms with Crippen molar-refractivity contribution in [3.63, 3.8) is 0 Å². The minimum atomic E-state index is -1.20. The number of hydrogen-bond acceptors (Lipinski definition) is 3. The van der Waals surface area contributed by atoms with Crippen molar-refractivity contribution in [3.8, 4) is 0 Å². The number of halogens is 2. The third kappa shape index (κ3) is 1.02. The largest absolute Gasteiger partial charge is 0.353 e. The zero-order valence-corrected chi connectivity index (χ0v) is 7.17. The molecule has 0 aliphatic rings. The lowest BCUT2D eigenvalue weighted by atomic mass is 10.1. The molecule has 0 N–H and O–H groups in total. The average molecular weight is 197 g/mol. The fourth-order valence-corrected chi connectivity index (χ4v) is 1.24. The number of aromatic nitrogens is 1. The van der Waals surface area contributed by atoms with Gasteiger partial charge in [0, 0.05) is 5.39 Å². The molecule has 0 spiro atoms. The maximum atomic E-state index is 13.2. The Kier molecular flexibility index (Phi) is 1.80. The highest BCUT2D eigenvalue weighted by molar-refractivity contribution is 5.87. The van der Waals surface area contributed by atoms with Crippen LogP contribution in [0.1, 0.15) is 16.1 Å².